The monoisotopic (exact) mass is 221 g/mol. The molecule has 0 fully saturated rings. The maximum atomic E-state index is 11.6. The molecule has 1 aromatic carbocycles. The Morgan fingerprint density at radius 1 is 1.19 bits per heavy atom. The first-order chi connectivity index (χ1) is 7.65. The van der Waals surface area contributed by atoms with Crippen molar-refractivity contribution in [1.82, 2.24) is 5.06 Å². The second-order valence-electron chi connectivity index (χ2n) is 3.36. The maximum Gasteiger partial charge on any atom is 0.246 e. The molecule has 1 rings (SSSR count). The molecule has 0 aromatic heterocycles. The first-order valence-electron chi connectivity index (χ1n) is 5.04. The van der Waals surface area contributed by atoms with Crippen LogP contribution in [0.3, 0.4) is 0 Å². The highest BCUT2D eigenvalue weighted by molar-refractivity contribution is 5.97. The van der Waals surface area contributed by atoms with Crippen molar-refractivity contribution in [2.45, 2.75) is 12.8 Å². The molecule has 4 nitrogen and oxygen atoms in total. The van der Waals surface area contributed by atoms with Crippen LogP contribution in [0.25, 0.3) is 0 Å². The van der Waals surface area contributed by atoms with Crippen molar-refractivity contribution in [3.05, 3.63) is 35.9 Å². The van der Waals surface area contributed by atoms with Crippen molar-refractivity contribution in [3.8, 4) is 0 Å². The number of carbonyl (C=O) groups excluding carboxylic acids is 2. The van der Waals surface area contributed by atoms with Gasteiger partial charge in [0.25, 0.3) is 0 Å². The van der Waals surface area contributed by atoms with E-state index in [0.29, 0.717) is 5.56 Å². The third-order valence-electron chi connectivity index (χ3n) is 2.29. The van der Waals surface area contributed by atoms with Gasteiger partial charge in [0, 0.05) is 25.5 Å². The lowest BCUT2D eigenvalue weighted by molar-refractivity contribution is -0.168. The smallest absolute Gasteiger partial charge is 0.246 e. The van der Waals surface area contributed by atoms with Gasteiger partial charge in [-0.1, -0.05) is 30.3 Å². The molecule has 0 radical (unpaired) electrons. The number of ketones is 1. The summed E-state index contributed by atoms with van der Waals surface area (Å²) >= 11 is 0. The summed E-state index contributed by atoms with van der Waals surface area (Å²) in [4.78, 5) is 27.7. The Morgan fingerprint density at radius 2 is 1.81 bits per heavy atom. The van der Waals surface area contributed by atoms with E-state index in [9.17, 15) is 9.59 Å². The van der Waals surface area contributed by atoms with Gasteiger partial charge in [0.15, 0.2) is 5.78 Å². The Kier molecular flexibility index (Phi) is 4.66. The molecule has 0 atom stereocenters. The molecule has 0 saturated carbocycles. The first-order valence-corrected chi connectivity index (χ1v) is 5.04. The van der Waals surface area contributed by atoms with Crippen LogP contribution in [-0.2, 0) is 9.63 Å². The van der Waals surface area contributed by atoms with Gasteiger partial charge in [0.1, 0.15) is 0 Å². The Balaban J connectivity index is 2.45. The number of hydrogen-bond acceptors (Lipinski definition) is 3. The number of nitrogens with zero attached hydrogens (tertiary/aromatic N) is 1. The fraction of sp³-hybridized carbons (Fsp3) is 0.333. The van der Waals surface area contributed by atoms with E-state index in [-0.39, 0.29) is 24.5 Å². The molecule has 0 unspecified atom stereocenters. The van der Waals surface area contributed by atoms with E-state index in [2.05, 4.69) is 0 Å². The van der Waals surface area contributed by atoms with Crippen molar-refractivity contribution in [1.29, 1.82) is 0 Å². The highest BCUT2D eigenvalue weighted by Crippen LogP contribution is 2.06. The second kappa shape index (κ2) is 6.02. The quantitative estimate of drug-likeness (QED) is 0.561. The molecule has 0 N–H and O–H groups in total. The first kappa shape index (κ1) is 12.4. The van der Waals surface area contributed by atoms with Crippen LogP contribution in [0.2, 0.25) is 0 Å². The summed E-state index contributed by atoms with van der Waals surface area (Å²) in [7, 11) is 2.94. The minimum Gasteiger partial charge on any atom is -0.294 e. The summed E-state index contributed by atoms with van der Waals surface area (Å²) in [5, 5.41) is 1.12. The van der Waals surface area contributed by atoms with Gasteiger partial charge in [-0.2, -0.15) is 0 Å². The molecule has 0 aliphatic heterocycles. The standard InChI is InChI=1S/C12H15NO3/c1-13(16-2)12(15)9-8-11(14)10-6-4-3-5-7-10/h3-7H,8-9H2,1-2H3. The number of hydroxylamine groups is 2. The number of Topliss-reactive ketones (excluding diaryl/α,β-unsaturated/α-hetero) is 1. The summed E-state index contributed by atoms with van der Waals surface area (Å²) in [5.74, 6) is -0.231. The van der Waals surface area contributed by atoms with Gasteiger partial charge in [-0.3, -0.25) is 14.4 Å². The van der Waals surface area contributed by atoms with Crippen molar-refractivity contribution >= 4 is 11.7 Å². The van der Waals surface area contributed by atoms with Crippen LogP contribution in [0.5, 0.6) is 0 Å². The van der Waals surface area contributed by atoms with Gasteiger partial charge in [-0.05, 0) is 0 Å². The van der Waals surface area contributed by atoms with E-state index in [0.717, 1.165) is 5.06 Å². The molecule has 1 aromatic rings. The van der Waals surface area contributed by atoms with Crippen LogP contribution >= 0.6 is 0 Å². The normalized spacial score (nSPS) is 9.88. The second-order valence-corrected chi connectivity index (χ2v) is 3.36. The van der Waals surface area contributed by atoms with Gasteiger partial charge in [0.05, 0.1) is 7.11 Å². The van der Waals surface area contributed by atoms with E-state index in [1.54, 1.807) is 24.3 Å². The molecular formula is C12H15NO3. The van der Waals surface area contributed by atoms with E-state index < -0.39 is 0 Å². The van der Waals surface area contributed by atoms with Gasteiger partial charge in [-0.15, -0.1) is 0 Å². The lowest BCUT2D eigenvalue weighted by Crippen LogP contribution is -2.25. The van der Waals surface area contributed by atoms with E-state index >= 15 is 0 Å². The van der Waals surface area contributed by atoms with Crippen LogP contribution in [0, 0.1) is 0 Å². The van der Waals surface area contributed by atoms with E-state index in [4.69, 9.17) is 4.84 Å². The molecule has 0 saturated heterocycles. The number of rotatable bonds is 5. The molecule has 0 heterocycles. The predicted octanol–water partition coefficient (Wildman–Crippen LogP) is 1.67. The molecule has 0 aliphatic carbocycles. The number of amides is 1. The zero-order valence-electron chi connectivity index (χ0n) is 9.47. The molecule has 16 heavy (non-hydrogen) atoms. The lowest BCUT2D eigenvalue weighted by Gasteiger charge is -2.12. The fourth-order valence-electron chi connectivity index (χ4n) is 1.25. The molecule has 1 amide bonds. The number of hydrogen-bond donors (Lipinski definition) is 0. The van der Waals surface area contributed by atoms with E-state index in [1.165, 1.54) is 14.2 Å². The van der Waals surface area contributed by atoms with Crippen LogP contribution in [0.4, 0.5) is 0 Å². The Labute approximate surface area is 94.8 Å². The van der Waals surface area contributed by atoms with Gasteiger partial charge in [0.2, 0.25) is 5.91 Å². The van der Waals surface area contributed by atoms with Gasteiger partial charge < -0.3 is 0 Å². The van der Waals surface area contributed by atoms with Gasteiger partial charge >= 0.3 is 0 Å². The molecular weight excluding hydrogens is 206 g/mol. The molecule has 0 spiro atoms. The summed E-state index contributed by atoms with van der Waals surface area (Å²) in [5.41, 5.74) is 0.635. The Bertz CT molecular complexity index is 362. The van der Waals surface area contributed by atoms with Crippen LogP contribution in [0.1, 0.15) is 23.2 Å². The van der Waals surface area contributed by atoms with Crippen LogP contribution in [-0.4, -0.2) is 30.9 Å². The van der Waals surface area contributed by atoms with E-state index in [1.807, 2.05) is 6.07 Å². The topological polar surface area (TPSA) is 46.6 Å². The third kappa shape index (κ3) is 3.47. The minimum atomic E-state index is -0.202. The largest absolute Gasteiger partial charge is 0.294 e. The van der Waals surface area contributed by atoms with Crippen molar-refractivity contribution < 1.29 is 14.4 Å². The highest BCUT2D eigenvalue weighted by Gasteiger charge is 2.11. The maximum absolute atomic E-state index is 11.6. The Morgan fingerprint density at radius 3 is 2.38 bits per heavy atom. The average molecular weight is 221 g/mol. The summed E-state index contributed by atoms with van der Waals surface area (Å²) in [6, 6.07) is 8.94. The highest BCUT2D eigenvalue weighted by atomic mass is 16.7. The number of carbonyl (C=O) groups is 2. The predicted molar refractivity (Wildman–Crippen MR) is 59.8 cm³/mol. The third-order valence-corrected chi connectivity index (χ3v) is 2.29. The molecule has 0 bridgehead atoms. The minimum absolute atomic E-state index is 0.0292. The van der Waals surface area contributed by atoms with Crippen molar-refractivity contribution in [3.63, 3.8) is 0 Å². The fourth-order valence-corrected chi connectivity index (χ4v) is 1.25. The van der Waals surface area contributed by atoms with Crippen molar-refractivity contribution in [2.24, 2.45) is 0 Å². The number of benzene rings is 1. The zero-order chi connectivity index (χ0) is 12.0. The summed E-state index contributed by atoms with van der Waals surface area (Å²) in [6.45, 7) is 0. The molecule has 0 aliphatic rings. The molecule has 86 valence electrons. The lowest BCUT2D eigenvalue weighted by atomic mass is 10.1. The van der Waals surface area contributed by atoms with Crippen LogP contribution < -0.4 is 0 Å². The Hall–Kier alpha value is -1.68. The zero-order valence-corrected chi connectivity index (χ0v) is 9.47. The summed E-state index contributed by atoms with van der Waals surface area (Å²) in [6.07, 6.45) is 0.370. The average Bonchev–Trinajstić information content (AvgIpc) is 2.35. The van der Waals surface area contributed by atoms with Crippen LogP contribution in [0.15, 0.2) is 30.3 Å². The molecule has 4 heteroatoms. The van der Waals surface area contributed by atoms with Gasteiger partial charge in [-0.25, -0.2) is 5.06 Å². The van der Waals surface area contributed by atoms with Crippen molar-refractivity contribution in [2.75, 3.05) is 14.2 Å². The summed E-state index contributed by atoms with van der Waals surface area (Å²) < 4.78 is 0. The SMILES string of the molecule is CON(C)C(=O)CCC(=O)c1ccccc1.